The fourth-order valence-corrected chi connectivity index (χ4v) is 20.4. The molecule has 3 aromatic heterocycles. The van der Waals surface area contributed by atoms with Crippen molar-refractivity contribution in [1.82, 2.24) is 60.6 Å². The summed E-state index contributed by atoms with van der Waals surface area (Å²) >= 11 is 0. The molecule has 6 aliphatic heterocycles. The SMILES string of the molecule is CC[C@@H]1[C@@H]2CN(C(=O)[C@H](C(C)(C)C)NC(=O)O[C@@H]3CC4CC4[C@H]3CCCCCc3nc4ccc(OCC(F)(F)F)cc4nc3O2)[C@@H]1[C-]=O.C[C@@H]1[C@@H]2CN(C(=O)[C@H](C(C)(C)C)NC(=O)O[C@@H]3CCC[C@H]3CCCCCc3nc4ccc(OCC(F)(F)F)cc4nc3O2)[C@@H]1[C-]=O.C[C@@H]1[C@@H]2CN(C(=O)[C@H](C(C)(C)C)NC(=O)O[C@@H]3C[C@H]3CCCCCc3nc4ccc(OCC(F)(F)F)cc4nc3O2)[C@@H]1[C-]=O.[V].[V].[V]. The van der Waals surface area contributed by atoms with Crippen molar-refractivity contribution in [2.24, 2.45) is 63.6 Å². The molecule has 6 amide bonds. The van der Waals surface area contributed by atoms with Crippen LogP contribution in [0.1, 0.15) is 222 Å². The quantitative estimate of drug-likeness (QED) is 0.0651. The number of carbonyl (C=O) groups excluding carboxylic acids is 9. The maximum Gasteiger partial charge on any atom is 0.422 e. The summed E-state index contributed by atoms with van der Waals surface area (Å²) in [5, 5.41) is 8.39. The normalized spacial score (nSPS) is 28.8. The maximum atomic E-state index is 14.2. The Labute approximate surface area is 849 Å². The van der Waals surface area contributed by atoms with E-state index in [0.29, 0.717) is 82.2 Å². The van der Waals surface area contributed by atoms with E-state index in [1.54, 1.807) is 32.0 Å². The van der Waals surface area contributed by atoms with Gasteiger partial charge in [0.15, 0.2) is 19.8 Å². The number of alkyl carbamates (subject to hydrolysis) is 3. The first-order valence-electron chi connectivity index (χ1n) is 48.2. The number of rotatable bonds is 10. The van der Waals surface area contributed by atoms with Gasteiger partial charge in [0, 0.05) is 73.9 Å². The van der Waals surface area contributed by atoms with E-state index < -0.39 is 163 Å². The standard InChI is InChI=1S/C35H44F3N4O6.C33H42F3N4O6.C31H38F3N4O6.3V/c1-5-21-27(17-43)42-16-29(21)47-31-25(39-24-12-11-20(15-26(24)40-31)46-18-35(36,37)38)10-8-6-7-9-22-23-13-19(23)14-28(22)48-33(45)41-30(32(42)44)34(2,3)4;1-19-25(17-41)40-16-27(19)45-29-23(37-22-14-13-21(15-24(22)38-29)44-18-33(34,35)36)11-7-5-6-9-20-10-8-12-26(20)46-31(43)39-28(30(40)42)32(2,3)4;1-17-23(15-39)38-14-25(17)43-27-21(35-20-11-10-19(13-22(20)36-27)42-16-31(32,33)34)9-7-5-6-8-18-12-24(18)44-29(41)37-26(28(38)40)30(2,3)4;;;/h11-12,15,19,21-23,27-30H,5-10,13-14,16,18H2,1-4H3,(H,41,45);13-15,19-20,25-28H,5-12,16,18H2,1-4H3,(H,39,43);10-11,13,17-18,23-26H,5-9,12,14,16H2,1-4H3,(H,37,41);;;/q3*-1;;;/t19?,21-,22+,23?,27+,28+,29-,30+;19-,20+,25+,26+,27-,28+;17-,18+,23+,24+,25-,26+;;;/m000.../s1. The number of aromatic nitrogens is 6. The van der Waals surface area contributed by atoms with E-state index >= 15 is 0 Å². The Morgan fingerprint density at radius 1 is 0.369 bits per heavy atom. The minimum absolute atomic E-state index is 0. The van der Waals surface area contributed by atoms with Gasteiger partial charge < -0.3 is 87.7 Å². The second kappa shape index (κ2) is 46.9. The number of alkyl halides is 9. The predicted molar refractivity (Wildman–Crippen MR) is 484 cm³/mol. The molecule has 20 atom stereocenters. The first kappa shape index (κ1) is 112. The second-order valence-electron chi connectivity index (χ2n) is 41.7. The Balaban J connectivity index is 0.000000200. The van der Waals surface area contributed by atoms with Crippen LogP contribution in [-0.4, -0.2) is 230 Å². The number of carbonyl (C=O) groups is 6. The van der Waals surface area contributed by atoms with Crippen LogP contribution in [0.4, 0.5) is 53.9 Å². The summed E-state index contributed by atoms with van der Waals surface area (Å²) in [6, 6.07) is 7.40. The summed E-state index contributed by atoms with van der Waals surface area (Å²) < 4.78 is 167. The van der Waals surface area contributed by atoms with Gasteiger partial charge in [0.2, 0.25) is 35.4 Å². The molecule has 42 heteroatoms. The summed E-state index contributed by atoms with van der Waals surface area (Å²) in [6.07, 6.45) is 6.18. The Bertz CT molecular complexity index is 5400. The second-order valence-corrected chi connectivity index (χ2v) is 41.7. The molecule has 141 heavy (non-hydrogen) atoms. The van der Waals surface area contributed by atoms with E-state index in [4.69, 9.17) is 62.6 Å². The number of nitrogens with zero attached hydrogens (tertiary/aromatic N) is 9. The number of ether oxygens (including phenoxy) is 9. The molecule has 3 radical (unpaired) electrons. The van der Waals surface area contributed by atoms with Gasteiger partial charge in [0.05, 0.1) is 52.7 Å². The zero-order chi connectivity index (χ0) is 99.4. The van der Waals surface area contributed by atoms with Crippen LogP contribution in [-0.2, 0) is 118 Å². The molecular formula is C99H124F9N12O18V3-3. The van der Waals surface area contributed by atoms with Crippen LogP contribution in [0.2, 0.25) is 0 Å². The van der Waals surface area contributed by atoms with Gasteiger partial charge in [-0.25, -0.2) is 63.1 Å². The Morgan fingerprint density at radius 3 is 1.09 bits per heavy atom. The zero-order valence-electron chi connectivity index (χ0n) is 81.2. The van der Waals surface area contributed by atoms with Gasteiger partial charge >= 0.3 is 36.8 Å². The van der Waals surface area contributed by atoms with E-state index in [2.05, 4.69) is 32.2 Å². The molecule has 4 saturated carbocycles. The van der Waals surface area contributed by atoms with Crippen molar-refractivity contribution >= 4 is 88.0 Å². The molecular weight excluding hydrogens is 1970 g/mol. The van der Waals surface area contributed by atoms with Crippen LogP contribution in [0.25, 0.3) is 33.1 Å². The summed E-state index contributed by atoms with van der Waals surface area (Å²) in [6.45, 7) is 17.7. The number of amides is 6. The average molecular weight is 2090 g/mol. The molecule has 3 N–H and O–H groups in total. The summed E-state index contributed by atoms with van der Waals surface area (Å²) in [5.41, 5.74) is 1.99. The summed E-state index contributed by atoms with van der Waals surface area (Å²) in [7, 11) is 0. The Kier molecular flexibility index (Phi) is 37.3. The molecule has 9 heterocycles. The van der Waals surface area contributed by atoms with Crippen molar-refractivity contribution in [2.75, 3.05) is 39.5 Å². The number of benzene rings is 3. The topological polar surface area (TPSA) is 360 Å². The van der Waals surface area contributed by atoms with Crippen molar-refractivity contribution in [2.45, 2.75) is 316 Å². The Morgan fingerprint density at radius 2 is 0.709 bits per heavy atom. The van der Waals surface area contributed by atoms with Gasteiger partial charge in [-0.15, -0.1) is 0 Å². The molecule has 7 fully saturated rings. The Hall–Kier alpha value is -9.17. The van der Waals surface area contributed by atoms with E-state index in [-0.39, 0.29) is 152 Å². The average Bonchev–Trinajstić information content (AvgIpc) is 1.60. The molecule has 16 rings (SSSR count). The smallest absolute Gasteiger partial charge is 0.422 e. The minimum Gasteiger partial charge on any atom is -0.540 e. The van der Waals surface area contributed by atoms with Gasteiger partial charge in [-0.05, 0) is 196 Å². The molecule has 3 aromatic carbocycles. The van der Waals surface area contributed by atoms with E-state index in [0.717, 1.165) is 116 Å². The maximum absolute atomic E-state index is 14.2. The summed E-state index contributed by atoms with van der Waals surface area (Å²) in [4.78, 5) is 151. The molecule has 0 spiro atoms. The molecule has 6 bridgehead atoms. The number of nitrogens with one attached hydrogen (secondary N) is 3. The third-order valence-electron chi connectivity index (χ3n) is 28.2. The molecule has 2 unspecified atom stereocenters. The van der Waals surface area contributed by atoms with E-state index in [9.17, 15) is 82.7 Å². The van der Waals surface area contributed by atoms with Crippen molar-refractivity contribution in [3.63, 3.8) is 0 Å². The van der Waals surface area contributed by atoms with Gasteiger partial charge in [-0.3, -0.25) is 14.4 Å². The van der Waals surface area contributed by atoms with Crippen LogP contribution < -0.4 is 44.4 Å². The van der Waals surface area contributed by atoms with Crippen molar-refractivity contribution in [3.05, 3.63) is 71.7 Å². The van der Waals surface area contributed by atoms with Crippen LogP contribution in [0.3, 0.4) is 0 Å². The first-order valence-corrected chi connectivity index (χ1v) is 48.2. The van der Waals surface area contributed by atoms with Crippen LogP contribution in [0.15, 0.2) is 54.6 Å². The predicted octanol–water partition coefficient (Wildman–Crippen LogP) is 16.6. The zero-order valence-corrected chi connectivity index (χ0v) is 85.3. The summed E-state index contributed by atoms with van der Waals surface area (Å²) in [5.74, 6) is -0.243. The largest absolute Gasteiger partial charge is 0.540 e. The van der Waals surface area contributed by atoms with Crippen molar-refractivity contribution in [3.8, 4) is 34.9 Å². The number of hydrogen-bond donors (Lipinski definition) is 3. The van der Waals surface area contributed by atoms with Crippen molar-refractivity contribution in [1.29, 1.82) is 0 Å². The number of fused-ring (bicyclic) bond motifs is 17. The molecule has 30 nitrogen and oxygen atoms in total. The molecule has 6 aromatic rings. The van der Waals surface area contributed by atoms with Gasteiger partial charge in [0.25, 0.3) is 0 Å². The first-order chi connectivity index (χ1) is 65.2. The van der Waals surface area contributed by atoms with E-state index in [1.165, 1.54) is 51.1 Å². The number of aryl methyl sites for hydroxylation is 3. The fourth-order valence-electron chi connectivity index (χ4n) is 20.4. The molecule has 10 aliphatic rings. The number of hydrogen-bond acceptors (Lipinski definition) is 24. The third kappa shape index (κ3) is 28.5. The number of halogens is 9. The van der Waals surface area contributed by atoms with Gasteiger partial charge in [-0.1, -0.05) is 146 Å². The van der Waals surface area contributed by atoms with Crippen molar-refractivity contribution < 1.29 is 181 Å². The molecule has 3 saturated heterocycles. The third-order valence-corrected chi connectivity index (χ3v) is 28.2. The van der Waals surface area contributed by atoms with Crippen LogP contribution in [0.5, 0.6) is 34.9 Å². The van der Waals surface area contributed by atoms with Crippen LogP contribution >= 0.6 is 0 Å². The fraction of sp³-hybridized carbons (Fsp3) is 0.667. The minimum atomic E-state index is -4.49. The van der Waals surface area contributed by atoms with Gasteiger partial charge in [-0.2, -0.15) is 39.5 Å². The van der Waals surface area contributed by atoms with E-state index in [1.807, 2.05) is 81.8 Å². The molecule has 769 valence electrons. The molecule has 4 aliphatic carbocycles. The van der Waals surface area contributed by atoms with Gasteiger partial charge in [0.1, 0.15) is 89.1 Å². The monoisotopic (exact) mass is 2090 g/mol. The van der Waals surface area contributed by atoms with Crippen LogP contribution in [0, 0.1) is 63.6 Å².